The van der Waals surface area contributed by atoms with Crippen molar-refractivity contribution in [3.63, 3.8) is 0 Å². The summed E-state index contributed by atoms with van der Waals surface area (Å²) in [5.74, 6) is -0.488. The van der Waals surface area contributed by atoms with Crippen LogP contribution in [0.25, 0.3) is 6.08 Å². The molecule has 0 N–H and O–H groups in total. The minimum atomic E-state index is -0.244. The van der Waals surface area contributed by atoms with Crippen LogP contribution in [0.5, 0.6) is 0 Å². The average Bonchev–Trinajstić information content (AvgIpc) is 2.78. The number of halogens is 4. The molecule has 1 aliphatic heterocycles. The summed E-state index contributed by atoms with van der Waals surface area (Å²) in [5, 5.41) is 0. The van der Waals surface area contributed by atoms with Gasteiger partial charge >= 0.3 is 0 Å². The summed E-state index contributed by atoms with van der Waals surface area (Å²) in [6, 6.07) is 23.6. The van der Waals surface area contributed by atoms with Crippen LogP contribution in [0.3, 0.4) is 0 Å². The summed E-state index contributed by atoms with van der Waals surface area (Å²) in [5.41, 5.74) is 3.27. The fraction of sp³-hybridized carbons (Fsp3) is 0.231. The largest absolute Gasteiger partial charge is 1.00 e. The van der Waals surface area contributed by atoms with E-state index < -0.39 is 0 Å². The van der Waals surface area contributed by atoms with Gasteiger partial charge in [-0.15, -0.1) is 0 Å². The number of hydrogen-bond acceptors (Lipinski definition) is 2. The molecule has 0 aromatic heterocycles. The first-order valence-electron chi connectivity index (χ1n) is 10.4. The van der Waals surface area contributed by atoms with Crippen molar-refractivity contribution in [2.75, 3.05) is 32.7 Å². The van der Waals surface area contributed by atoms with Crippen molar-refractivity contribution < 1.29 is 33.6 Å². The molecule has 3 aromatic rings. The highest BCUT2D eigenvalue weighted by atomic mass is 35.5. The van der Waals surface area contributed by atoms with Gasteiger partial charge in [-0.2, -0.15) is 0 Å². The fourth-order valence-corrected chi connectivity index (χ4v) is 4.01. The number of hydrogen-bond donors (Lipinski definition) is 0. The molecule has 0 aliphatic carbocycles. The SMILES string of the molecule is Fc1ccc(C(c2ccc(F)cc2)N2CCN(C/C=C/c3ccccc3)CC2)cc1.[Cl-].[Cl-]. The third kappa shape index (κ3) is 6.88. The Morgan fingerprint density at radius 2 is 1.19 bits per heavy atom. The quantitative estimate of drug-likeness (QED) is 0.470. The van der Waals surface area contributed by atoms with E-state index in [2.05, 4.69) is 34.1 Å². The Labute approximate surface area is 201 Å². The minimum Gasteiger partial charge on any atom is -1.00 e. The van der Waals surface area contributed by atoms with Gasteiger partial charge in [0.25, 0.3) is 0 Å². The zero-order chi connectivity index (χ0) is 20.8. The number of piperazine rings is 1. The van der Waals surface area contributed by atoms with E-state index in [0.29, 0.717) is 0 Å². The van der Waals surface area contributed by atoms with E-state index in [1.807, 2.05) is 42.5 Å². The van der Waals surface area contributed by atoms with Gasteiger partial charge in [-0.3, -0.25) is 9.80 Å². The Balaban J connectivity index is 0.00000181. The van der Waals surface area contributed by atoms with Crippen molar-refractivity contribution in [1.29, 1.82) is 0 Å². The van der Waals surface area contributed by atoms with Gasteiger partial charge in [0.05, 0.1) is 6.04 Å². The van der Waals surface area contributed by atoms with Crippen LogP contribution in [0.15, 0.2) is 84.9 Å². The van der Waals surface area contributed by atoms with Crippen molar-refractivity contribution in [2.45, 2.75) is 6.04 Å². The van der Waals surface area contributed by atoms with Crippen molar-refractivity contribution in [3.05, 3.63) is 113 Å². The maximum absolute atomic E-state index is 13.5. The first kappa shape index (κ1) is 26.0. The van der Waals surface area contributed by atoms with Crippen molar-refractivity contribution in [3.8, 4) is 0 Å². The van der Waals surface area contributed by atoms with E-state index in [9.17, 15) is 8.78 Å². The summed E-state index contributed by atoms with van der Waals surface area (Å²) in [7, 11) is 0. The number of benzene rings is 3. The molecule has 32 heavy (non-hydrogen) atoms. The molecule has 0 bridgehead atoms. The van der Waals surface area contributed by atoms with Crippen molar-refractivity contribution >= 4 is 6.08 Å². The highest BCUT2D eigenvalue weighted by Gasteiger charge is 2.26. The monoisotopic (exact) mass is 474 g/mol. The van der Waals surface area contributed by atoms with Crippen LogP contribution in [0.2, 0.25) is 0 Å². The molecule has 4 rings (SSSR count). The maximum Gasteiger partial charge on any atom is 0.123 e. The van der Waals surface area contributed by atoms with E-state index in [1.165, 1.54) is 29.8 Å². The Morgan fingerprint density at radius 3 is 1.69 bits per heavy atom. The summed E-state index contributed by atoms with van der Waals surface area (Å²) in [6.07, 6.45) is 4.37. The van der Waals surface area contributed by atoms with Crippen molar-refractivity contribution in [2.24, 2.45) is 0 Å². The average molecular weight is 475 g/mol. The molecule has 0 amide bonds. The molecule has 1 fully saturated rings. The molecule has 1 heterocycles. The minimum absolute atomic E-state index is 0. The standard InChI is InChI=1S/C26H26F2N2.2ClH/c27-24-12-8-22(9-13-24)26(23-10-14-25(28)15-11-23)30-19-17-29(18-20-30)16-4-7-21-5-2-1-3-6-21;;/h1-15,26H,16-20H2;2*1H/p-2/b7-4+;;. The van der Waals surface area contributed by atoms with Gasteiger partial charge in [-0.1, -0.05) is 66.7 Å². The lowest BCUT2D eigenvalue weighted by Crippen LogP contribution is -3.00. The van der Waals surface area contributed by atoms with Gasteiger partial charge in [-0.05, 0) is 41.0 Å². The summed E-state index contributed by atoms with van der Waals surface area (Å²) < 4.78 is 26.9. The van der Waals surface area contributed by atoms with Crippen LogP contribution >= 0.6 is 0 Å². The summed E-state index contributed by atoms with van der Waals surface area (Å²) in [4.78, 5) is 4.83. The summed E-state index contributed by atoms with van der Waals surface area (Å²) >= 11 is 0. The smallest absolute Gasteiger partial charge is 0.123 e. The van der Waals surface area contributed by atoms with E-state index in [1.54, 1.807) is 0 Å². The molecule has 0 atom stereocenters. The first-order valence-corrected chi connectivity index (χ1v) is 10.4. The van der Waals surface area contributed by atoms with E-state index >= 15 is 0 Å². The second-order valence-electron chi connectivity index (χ2n) is 7.66. The van der Waals surface area contributed by atoms with Crippen LogP contribution in [0.4, 0.5) is 8.78 Å². The second kappa shape index (κ2) is 12.7. The molecule has 2 nitrogen and oxygen atoms in total. The molecule has 1 saturated heterocycles. The van der Waals surface area contributed by atoms with Gasteiger partial charge in [0, 0.05) is 32.7 Å². The van der Waals surface area contributed by atoms with Crippen molar-refractivity contribution in [1.82, 2.24) is 9.80 Å². The van der Waals surface area contributed by atoms with Gasteiger partial charge in [-0.25, -0.2) is 8.78 Å². The molecule has 3 aromatic carbocycles. The number of rotatable bonds is 6. The predicted octanol–water partition coefficient (Wildman–Crippen LogP) is -0.607. The molecule has 0 spiro atoms. The third-order valence-electron chi connectivity index (χ3n) is 5.62. The molecule has 1 aliphatic rings. The van der Waals surface area contributed by atoms with Gasteiger partial charge in [0.1, 0.15) is 11.6 Å². The van der Waals surface area contributed by atoms with E-state index in [0.717, 1.165) is 43.9 Å². The van der Waals surface area contributed by atoms with E-state index in [-0.39, 0.29) is 42.5 Å². The zero-order valence-electron chi connectivity index (χ0n) is 17.7. The Morgan fingerprint density at radius 1 is 0.688 bits per heavy atom. The van der Waals surface area contributed by atoms with Gasteiger partial charge in [0.2, 0.25) is 0 Å². The Bertz CT molecular complexity index is 910. The van der Waals surface area contributed by atoms with E-state index in [4.69, 9.17) is 0 Å². The molecule has 170 valence electrons. The number of nitrogens with zero attached hydrogens (tertiary/aromatic N) is 2. The highest BCUT2D eigenvalue weighted by Crippen LogP contribution is 2.30. The van der Waals surface area contributed by atoms with Crippen LogP contribution in [-0.2, 0) is 0 Å². The predicted molar refractivity (Wildman–Crippen MR) is 118 cm³/mol. The zero-order valence-corrected chi connectivity index (χ0v) is 19.2. The Hall–Kier alpha value is -2.24. The second-order valence-corrected chi connectivity index (χ2v) is 7.66. The lowest BCUT2D eigenvalue weighted by Gasteiger charge is -2.39. The molecular formula is C26H26Cl2F2N2-2. The molecular weight excluding hydrogens is 449 g/mol. The van der Waals surface area contributed by atoms with Crippen LogP contribution in [0, 0.1) is 11.6 Å². The first-order chi connectivity index (χ1) is 14.7. The van der Waals surface area contributed by atoms with Gasteiger partial charge < -0.3 is 24.8 Å². The topological polar surface area (TPSA) is 6.48 Å². The summed E-state index contributed by atoms with van der Waals surface area (Å²) in [6.45, 7) is 4.63. The molecule has 0 saturated carbocycles. The maximum atomic E-state index is 13.5. The third-order valence-corrected chi connectivity index (χ3v) is 5.62. The van der Waals surface area contributed by atoms with Gasteiger partial charge in [0.15, 0.2) is 0 Å². The molecule has 0 radical (unpaired) electrons. The lowest BCUT2D eigenvalue weighted by molar-refractivity contribution is -0.001000. The fourth-order valence-electron chi connectivity index (χ4n) is 4.01. The molecule has 0 unspecified atom stereocenters. The van der Waals surface area contributed by atoms with Crippen LogP contribution < -0.4 is 24.8 Å². The normalized spacial score (nSPS) is 14.8. The Kier molecular flexibility index (Phi) is 10.3. The van der Waals surface area contributed by atoms with Crippen LogP contribution in [0.1, 0.15) is 22.7 Å². The van der Waals surface area contributed by atoms with Crippen LogP contribution in [-0.4, -0.2) is 42.5 Å². The highest BCUT2D eigenvalue weighted by molar-refractivity contribution is 5.48. The molecule has 6 heteroatoms. The lowest BCUT2D eigenvalue weighted by atomic mass is 9.96.